The Balaban J connectivity index is 1.16. The van der Waals surface area contributed by atoms with Crippen molar-refractivity contribution in [2.75, 3.05) is 0 Å². The van der Waals surface area contributed by atoms with Gasteiger partial charge in [-0.2, -0.15) is 0 Å². The average molecular weight is 830 g/mol. The predicted octanol–water partition coefficient (Wildman–Crippen LogP) is 17.7. The minimum atomic E-state index is 0.903. The Morgan fingerprint density at radius 2 is 1.08 bits per heavy atom. The second kappa shape index (κ2) is 15.7. The van der Waals surface area contributed by atoms with Crippen LogP contribution >= 0.6 is 0 Å². The highest BCUT2D eigenvalue weighted by atomic mass is 16.3. The van der Waals surface area contributed by atoms with Crippen LogP contribution in [0.25, 0.3) is 116 Å². The molecule has 0 spiro atoms. The first kappa shape index (κ1) is 38.2. The molecule has 2 aromatic heterocycles. The van der Waals surface area contributed by atoms with Crippen molar-refractivity contribution in [2.24, 2.45) is 0 Å². The lowest BCUT2D eigenvalue weighted by Gasteiger charge is -2.23. The maximum atomic E-state index is 6.54. The molecule has 0 amide bonds. The van der Waals surface area contributed by atoms with Gasteiger partial charge in [0.15, 0.2) is 0 Å². The molecule has 0 fully saturated rings. The predicted molar refractivity (Wildman–Crippen MR) is 278 cm³/mol. The van der Waals surface area contributed by atoms with Crippen molar-refractivity contribution < 1.29 is 4.42 Å². The van der Waals surface area contributed by atoms with Gasteiger partial charge in [0, 0.05) is 32.8 Å². The molecule has 10 aromatic carbocycles. The number of furan rings is 1. The van der Waals surface area contributed by atoms with Crippen molar-refractivity contribution >= 4 is 76.4 Å². The van der Waals surface area contributed by atoms with E-state index in [1.807, 2.05) is 12.1 Å². The van der Waals surface area contributed by atoms with Crippen molar-refractivity contribution in [3.05, 3.63) is 248 Å². The van der Waals surface area contributed by atoms with E-state index >= 15 is 0 Å². The first-order valence-electron chi connectivity index (χ1n) is 22.3. The molecule has 0 aliphatic rings. The van der Waals surface area contributed by atoms with Gasteiger partial charge in [0.1, 0.15) is 11.2 Å². The van der Waals surface area contributed by atoms with Crippen LogP contribution in [-0.2, 0) is 0 Å². The van der Waals surface area contributed by atoms with Crippen molar-refractivity contribution in [1.29, 1.82) is 0 Å². The number of fused-ring (bicyclic) bond motifs is 8. The van der Waals surface area contributed by atoms with E-state index in [1.165, 1.54) is 60.1 Å². The summed E-state index contributed by atoms with van der Waals surface area (Å²) in [4.78, 5) is 0. The van der Waals surface area contributed by atoms with Crippen LogP contribution in [0.5, 0.6) is 0 Å². The van der Waals surface area contributed by atoms with Crippen molar-refractivity contribution in [1.82, 2.24) is 4.57 Å². The number of rotatable bonds is 8. The topological polar surface area (TPSA) is 18.1 Å². The fourth-order valence-corrected chi connectivity index (χ4v) is 10.4. The molecule has 2 heteroatoms. The van der Waals surface area contributed by atoms with E-state index < -0.39 is 0 Å². The Hall–Kier alpha value is -8.46. The number of benzene rings is 10. The molecule has 2 heterocycles. The quantitative estimate of drug-likeness (QED) is 0.110. The van der Waals surface area contributed by atoms with Gasteiger partial charge in [0.2, 0.25) is 0 Å². The lowest BCUT2D eigenvalue weighted by atomic mass is 9.81. The van der Waals surface area contributed by atoms with Crippen LogP contribution in [-0.4, -0.2) is 4.57 Å². The number of para-hydroxylation sites is 3. The number of nitrogens with zero attached hydrogens (tertiary/aromatic N) is 1. The zero-order valence-corrected chi connectivity index (χ0v) is 36.0. The maximum Gasteiger partial charge on any atom is 0.143 e. The van der Waals surface area contributed by atoms with Crippen LogP contribution in [0, 0.1) is 0 Å². The Bertz CT molecular complexity index is 3900. The van der Waals surface area contributed by atoms with E-state index in [-0.39, 0.29) is 0 Å². The molecule has 0 unspecified atom stereocenters. The number of hydrogen-bond acceptors (Lipinski definition) is 1. The SMILES string of the molecule is C=C/C=C(\C(=C/C)c1ccccc1)c1c2ccccc2c(-c2ccccc2-c2ccccc2)c2cc(-n3c4ccccc4c4cc(-c5cccc6c5oc5ccccc56)ccc43)ccc12. The summed E-state index contributed by atoms with van der Waals surface area (Å²) in [6, 6.07) is 76.9. The summed E-state index contributed by atoms with van der Waals surface area (Å²) in [5.41, 5.74) is 16.9. The minimum Gasteiger partial charge on any atom is -0.455 e. The van der Waals surface area contributed by atoms with Gasteiger partial charge in [-0.25, -0.2) is 0 Å². The number of hydrogen-bond donors (Lipinski definition) is 0. The van der Waals surface area contributed by atoms with Gasteiger partial charge in [-0.3, -0.25) is 0 Å². The molecule has 0 bridgehead atoms. The fourth-order valence-electron chi connectivity index (χ4n) is 10.4. The summed E-state index contributed by atoms with van der Waals surface area (Å²) >= 11 is 0. The van der Waals surface area contributed by atoms with Gasteiger partial charge < -0.3 is 8.98 Å². The Morgan fingerprint density at radius 3 is 1.88 bits per heavy atom. The smallest absolute Gasteiger partial charge is 0.143 e. The summed E-state index contributed by atoms with van der Waals surface area (Å²) in [5, 5.41) is 9.40. The highest BCUT2D eigenvalue weighted by Crippen LogP contribution is 2.48. The molecule has 0 saturated heterocycles. The summed E-state index contributed by atoms with van der Waals surface area (Å²) in [6.45, 7) is 6.39. The molecule has 12 aromatic rings. The molecule has 0 atom stereocenters. The molecule has 0 aliphatic carbocycles. The van der Waals surface area contributed by atoms with Crippen molar-refractivity contribution in [3.8, 4) is 39.1 Å². The molecule has 0 N–H and O–H groups in total. The molecule has 0 saturated carbocycles. The minimum absolute atomic E-state index is 0.903. The van der Waals surface area contributed by atoms with E-state index in [1.54, 1.807) is 0 Å². The van der Waals surface area contributed by atoms with E-state index in [9.17, 15) is 0 Å². The second-order valence-corrected chi connectivity index (χ2v) is 16.7. The maximum absolute atomic E-state index is 6.54. The monoisotopic (exact) mass is 829 g/mol. The van der Waals surface area contributed by atoms with Crippen LogP contribution in [0.2, 0.25) is 0 Å². The Kier molecular flexibility index (Phi) is 9.24. The highest BCUT2D eigenvalue weighted by molar-refractivity contribution is 6.25. The van der Waals surface area contributed by atoms with Crippen LogP contribution in [0.4, 0.5) is 0 Å². The van der Waals surface area contributed by atoms with Crippen LogP contribution < -0.4 is 0 Å². The standard InChI is InChI=1S/C63H43NO/c1-3-20-50(45(4-2)41-21-7-5-8-22-41)61-52-29-13-14-30-53(52)62(51-28-12-11-25-46(51)42-23-9-6-10-24-42)57-40-44(36-37-54(57)61)64-58-33-17-15-26-48(58)56-39-43(35-38-59(56)64)47-31-19-32-55-49-27-16-18-34-60(49)65-63(47)55/h3-40H,1H2,2H3/b45-4-,50-20+. The second-order valence-electron chi connectivity index (χ2n) is 16.7. The van der Waals surface area contributed by atoms with Gasteiger partial charge in [-0.05, 0) is 115 Å². The van der Waals surface area contributed by atoms with Gasteiger partial charge in [0.25, 0.3) is 0 Å². The number of allylic oxidation sites excluding steroid dienone is 5. The van der Waals surface area contributed by atoms with E-state index in [0.717, 1.165) is 66.5 Å². The van der Waals surface area contributed by atoms with Gasteiger partial charge in [-0.15, -0.1) is 0 Å². The van der Waals surface area contributed by atoms with Crippen molar-refractivity contribution in [3.63, 3.8) is 0 Å². The Labute approximate surface area is 378 Å². The third kappa shape index (κ3) is 6.18. The Morgan fingerprint density at radius 1 is 0.446 bits per heavy atom. The van der Waals surface area contributed by atoms with E-state index in [2.05, 4.69) is 236 Å². The summed E-state index contributed by atoms with van der Waals surface area (Å²) < 4.78 is 8.98. The summed E-state index contributed by atoms with van der Waals surface area (Å²) in [5.74, 6) is 0. The lowest BCUT2D eigenvalue weighted by molar-refractivity contribution is 0.670. The third-order valence-corrected chi connectivity index (χ3v) is 13.2. The van der Waals surface area contributed by atoms with Gasteiger partial charge in [0.05, 0.1) is 11.0 Å². The van der Waals surface area contributed by atoms with Crippen LogP contribution in [0.15, 0.2) is 242 Å². The molecular formula is C63H43NO. The molecule has 2 nitrogen and oxygen atoms in total. The summed E-state index contributed by atoms with van der Waals surface area (Å²) in [7, 11) is 0. The largest absolute Gasteiger partial charge is 0.455 e. The van der Waals surface area contributed by atoms with Crippen LogP contribution in [0.1, 0.15) is 18.1 Å². The third-order valence-electron chi connectivity index (χ3n) is 13.2. The zero-order chi connectivity index (χ0) is 43.4. The lowest BCUT2D eigenvalue weighted by Crippen LogP contribution is -1.99. The molecule has 12 rings (SSSR count). The van der Waals surface area contributed by atoms with Gasteiger partial charge >= 0.3 is 0 Å². The van der Waals surface area contributed by atoms with E-state index in [0.29, 0.717) is 0 Å². The zero-order valence-electron chi connectivity index (χ0n) is 36.0. The molecular weight excluding hydrogens is 787 g/mol. The first-order valence-corrected chi connectivity index (χ1v) is 22.3. The first-order chi connectivity index (χ1) is 32.2. The highest BCUT2D eigenvalue weighted by Gasteiger charge is 2.23. The fraction of sp³-hybridized carbons (Fsp3) is 0.0159. The van der Waals surface area contributed by atoms with Crippen LogP contribution in [0.3, 0.4) is 0 Å². The molecule has 0 aliphatic heterocycles. The average Bonchev–Trinajstić information content (AvgIpc) is 3.92. The normalized spacial score (nSPS) is 12.3. The molecule has 306 valence electrons. The van der Waals surface area contributed by atoms with E-state index in [4.69, 9.17) is 4.42 Å². The van der Waals surface area contributed by atoms with Gasteiger partial charge in [-0.1, -0.05) is 201 Å². The van der Waals surface area contributed by atoms with Crippen molar-refractivity contribution in [2.45, 2.75) is 6.92 Å². The molecule has 65 heavy (non-hydrogen) atoms. The summed E-state index contributed by atoms with van der Waals surface area (Å²) in [6.07, 6.45) is 6.35. The molecule has 0 radical (unpaired) electrons. The number of aromatic nitrogens is 1.